The van der Waals surface area contributed by atoms with E-state index in [2.05, 4.69) is 58.6 Å². The molecule has 0 aliphatic rings. The molecule has 1 rings (SSSR count). The van der Waals surface area contributed by atoms with Gasteiger partial charge in [0.25, 0.3) is 0 Å². The third kappa shape index (κ3) is 3.68. The second-order valence-electron chi connectivity index (χ2n) is 4.73. The van der Waals surface area contributed by atoms with Crippen molar-refractivity contribution in [1.29, 1.82) is 0 Å². The summed E-state index contributed by atoms with van der Waals surface area (Å²) in [4.78, 5) is 8.32. The van der Waals surface area contributed by atoms with Gasteiger partial charge in [-0.25, -0.2) is 9.97 Å². The van der Waals surface area contributed by atoms with Gasteiger partial charge < -0.3 is 5.32 Å². The van der Waals surface area contributed by atoms with Gasteiger partial charge in [-0.15, -0.1) is 0 Å². The third-order valence-electron chi connectivity index (χ3n) is 2.54. The smallest absolute Gasteiger partial charge is 0.115 e. The van der Waals surface area contributed by atoms with E-state index < -0.39 is 0 Å². The molecule has 0 bridgehead atoms. The van der Waals surface area contributed by atoms with Gasteiger partial charge in [-0.3, -0.25) is 0 Å². The van der Waals surface area contributed by atoms with Gasteiger partial charge in [0.1, 0.15) is 6.33 Å². The average molecular weight is 319 g/mol. The Morgan fingerprint density at radius 2 is 2.13 bits per heavy atom. The first-order chi connectivity index (χ1) is 6.95. The van der Waals surface area contributed by atoms with E-state index in [1.807, 2.05) is 13.2 Å². The molecule has 15 heavy (non-hydrogen) atoms. The monoisotopic (exact) mass is 319 g/mol. The van der Waals surface area contributed by atoms with Crippen molar-refractivity contribution < 1.29 is 0 Å². The van der Waals surface area contributed by atoms with Crippen LogP contribution in [0, 0.1) is 8.99 Å². The molecule has 4 heteroatoms. The fourth-order valence-corrected chi connectivity index (χ4v) is 2.04. The van der Waals surface area contributed by atoms with E-state index in [4.69, 9.17) is 0 Å². The first-order valence-electron chi connectivity index (χ1n) is 5.07. The zero-order chi connectivity index (χ0) is 11.5. The Hall–Kier alpha value is -0.230. The molecule has 0 spiro atoms. The molecule has 0 amide bonds. The summed E-state index contributed by atoms with van der Waals surface area (Å²) in [6.45, 7) is 6.71. The van der Waals surface area contributed by atoms with Crippen LogP contribution in [-0.4, -0.2) is 23.1 Å². The van der Waals surface area contributed by atoms with Crippen LogP contribution in [0.4, 0.5) is 0 Å². The molecular formula is C11H18IN3. The van der Waals surface area contributed by atoms with Crippen LogP contribution in [0.3, 0.4) is 0 Å². The number of nitrogens with zero attached hydrogens (tertiary/aromatic N) is 2. The fourth-order valence-electron chi connectivity index (χ4n) is 1.52. The van der Waals surface area contributed by atoms with Gasteiger partial charge >= 0.3 is 0 Å². The molecule has 0 radical (unpaired) electrons. The van der Waals surface area contributed by atoms with Crippen molar-refractivity contribution >= 4 is 22.6 Å². The molecule has 1 aromatic heterocycles. The zero-order valence-electron chi connectivity index (χ0n) is 9.71. The third-order valence-corrected chi connectivity index (χ3v) is 3.44. The second-order valence-corrected chi connectivity index (χ2v) is 5.89. The Labute approximate surface area is 105 Å². The van der Waals surface area contributed by atoms with Gasteiger partial charge in [0.05, 0.1) is 9.26 Å². The van der Waals surface area contributed by atoms with Crippen LogP contribution in [0.2, 0.25) is 0 Å². The maximum atomic E-state index is 4.32. The molecule has 0 aromatic carbocycles. The van der Waals surface area contributed by atoms with Crippen LogP contribution >= 0.6 is 22.6 Å². The Morgan fingerprint density at radius 3 is 2.60 bits per heavy atom. The van der Waals surface area contributed by atoms with Crippen LogP contribution in [0.15, 0.2) is 12.5 Å². The highest BCUT2D eigenvalue weighted by atomic mass is 127. The summed E-state index contributed by atoms with van der Waals surface area (Å²) in [7, 11) is 2.00. The number of nitrogens with one attached hydrogen (secondary N) is 1. The van der Waals surface area contributed by atoms with E-state index in [0.29, 0.717) is 6.04 Å². The summed E-state index contributed by atoms with van der Waals surface area (Å²) < 4.78 is 1.14. The maximum absolute atomic E-state index is 4.32. The van der Waals surface area contributed by atoms with Gasteiger partial charge in [-0.2, -0.15) is 0 Å². The summed E-state index contributed by atoms with van der Waals surface area (Å²) in [6, 6.07) is 0.431. The number of rotatable bonds is 3. The molecule has 1 atom stereocenters. The lowest BCUT2D eigenvalue weighted by Crippen LogP contribution is -2.40. The summed E-state index contributed by atoms with van der Waals surface area (Å²) in [6.07, 6.45) is 4.42. The summed E-state index contributed by atoms with van der Waals surface area (Å²) in [5, 5.41) is 3.35. The molecule has 1 N–H and O–H groups in total. The zero-order valence-corrected chi connectivity index (χ0v) is 11.9. The lowest BCUT2D eigenvalue weighted by atomic mass is 9.84. The quantitative estimate of drug-likeness (QED) is 0.869. The molecule has 3 nitrogen and oxygen atoms in total. The van der Waals surface area contributed by atoms with E-state index in [0.717, 1.165) is 15.7 Å². The van der Waals surface area contributed by atoms with Crippen molar-refractivity contribution in [2.75, 3.05) is 7.05 Å². The van der Waals surface area contributed by atoms with E-state index >= 15 is 0 Å². The molecule has 1 heterocycles. The minimum Gasteiger partial charge on any atom is -0.316 e. The first-order valence-corrected chi connectivity index (χ1v) is 6.14. The maximum Gasteiger partial charge on any atom is 0.115 e. The van der Waals surface area contributed by atoms with E-state index in [-0.39, 0.29) is 5.41 Å². The summed E-state index contributed by atoms with van der Waals surface area (Å²) in [5.74, 6) is 0. The Kier molecular flexibility index (Phi) is 4.45. The highest BCUT2D eigenvalue weighted by Crippen LogP contribution is 2.22. The van der Waals surface area contributed by atoms with E-state index in [1.54, 1.807) is 6.33 Å². The van der Waals surface area contributed by atoms with Crippen molar-refractivity contribution in [2.24, 2.45) is 5.41 Å². The molecule has 0 aliphatic heterocycles. The standard InChI is InChI=1S/C11H18IN3/c1-11(2,3)10(13-4)5-9-8(12)6-14-7-15-9/h6-7,10,13H,5H2,1-4H3. The topological polar surface area (TPSA) is 37.8 Å². The van der Waals surface area contributed by atoms with E-state index in [9.17, 15) is 0 Å². The van der Waals surface area contributed by atoms with Gasteiger partial charge in [-0.05, 0) is 35.1 Å². The van der Waals surface area contributed by atoms with Crippen molar-refractivity contribution in [3.8, 4) is 0 Å². The van der Waals surface area contributed by atoms with Crippen molar-refractivity contribution in [3.05, 3.63) is 21.8 Å². The van der Waals surface area contributed by atoms with Crippen molar-refractivity contribution in [2.45, 2.75) is 33.2 Å². The summed E-state index contributed by atoms with van der Waals surface area (Å²) in [5.41, 5.74) is 1.36. The predicted molar refractivity (Wildman–Crippen MR) is 70.8 cm³/mol. The number of aromatic nitrogens is 2. The molecule has 0 saturated heterocycles. The number of hydrogen-bond donors (Lipinski definition) is 1. The van der Waals surface area contributed by atoms with Crippen molar-refractivity contribution in [3.63, 3.8) is 0 Å². The van der Waals surface area contributed by atoms with Gasteiger partial charge in [0.15, 0.2) is 0 Å². The molecule has 0 aliphatic carbocycles. The number of hydrogen-bond acceptors (Lipinski definition) is 3. The van der Waals surface area contributed by atoms with Crippen molar-refractivity contribution in [1.82, 2.24) is 15.3 Å². The first kappa shape index (κ1) is 12.8. The Morgan fingerprint density at radius 1 is 1.47 bits per heavy atom. The fraction of sp³-hybridized carbons (Fsp3) is 0.636. The highest BCUT2D eigenvalue weighted by molar-refractivity contribution is 14.1. The van der Waals surface area contributed by atoms with Gasteiger partial charge in [-0.1, -0.05) is 20.8 Å². The number of likely N-dealkylation sites (N-methyl/N-ethyl adjacent to an activating group) is 1. The molecule has 84 valence electrons. The second kappa shape index (κ2) is 5.21. The van der Waals surface area contributed by atoms with Crippen LogP contribution < -0.4 is 5.32 Å². The molecule has 1 unspecified atom stereocenters. The van der Waals surface area contributed by atoms with Crippen LogP contribution in [0.5, 0.6) is 0 Å². The average Bonchev–Trinajstić information content (AvgIpc) is 2.14. The van der Waals surface area contributed by atoms with Gasteiger partial charge in [0.2, 0.25) is 0 Å². The Balaban J connectivity index is 2.80. The van der Waals surface area contributed by atoms with E-state index in [1.165, 1.54) is 0 Å². The minimum atomic E-state index is 0.239. The summed E-state index contributed by atoms with van der Waals surface area (Å²) >= 11 is 2.29. The Bertz CT molecular complexity index is 320. The number of halogens is 1. The van der Waals surface area contributed by atoms with Crippen LogP contribution in [0.1, 0.15) is 26.5 Å². The largest absolute Gasteiger partial charge is 0.316 e. The normalized spacial score (nSPS) is 13.9. The minimum absolute atomic E-state index is 0.239. The molecule has 1 aromatic rings. The molecule has 0 saturated carbocycles. The SMILES string of the molecule is CNC(Cc1ncncc1I)C(C)(C)C. The van der Waals surface area contributed by atoms with Gasteiger partial charge in [0, 0.05) is 18.7 Å². The molecular weight excluding hydrogens is 301 g/mol. The van der Waals surface area contributed by atoms with Crippen LogP contribution in [0.25, 0.3) is 0 Å². The van der Waals surface area contributed by atoms with Crippen LogP contribution in [-0.2, 0) is 6.42 Å². The highest BCUT2D eigenvalue weighted by Gasteiger charge is 2.24. The lowest BCUT2D eigenvalue weighted by Gasteiger charge is -2.30. The lowest BCUT2D eigenvalue weighted by molar-refractivity contribution is 0.278. The molecule has 0 fully saturated rings. The predicted octanol–water partition coefficient (Wildman–Crippen LogP) is 2.26.